The summed E-state index contributed by atoms with van der Waals surface area (Å²) in [6.07, 6.45) is 21.4. The number of hydrogen-bond donors (Lipinski definition) is 0. The van der Waals surface area contributed by atoms with E-state index in [0.717, 1.165) is 5.92 Å². The van der Waals surface area contributed by atoms with Crippen LogP contribution in [0.15, 0.2) is 0 Å². The van der Waals surface area contributed by atoms with Crippen molar-refractivity contribution in [2.24, 2.45) is 5.92 Å². The molecule has 0 heteroatoms. The number of unbranched alkanes of at least 4 members (excludes halogenated alkanes) is 8. The molecule has 0 N–H and O–H groups in total. The molecule has 0 amide bonds. The van der Waals surface area contributed by atoms with Gasteiger partial charge in [0.15, 0.2) is 0 Å². The lowest BCUT2D eigenvalue weighted by molar-refractivity contribution is 0.502. The van der Waals surface area contributed by atoms with E-state index in [0.29, 0.717) is 0 Å². The summed E-state index contributed by atoms with van der Waals surface area (Å²) in [5.41, 5.74) is 0. The average molecular weight is 296 g/mol. The third-order valence-corrected chi connectivity index (χ3v) is 4.55. The van der Waals surface area contributed by atoms with Crippen molar-refractivity contribution in [3.05, 3.63) is 5.92 Å². The molecule has 0 aliphatic heterocycles. The van der Waals surface area contributed by atoms with Gasteiger partial charge < -0.3 is 0 Å². The normalized spacial score (nSPS) is 11.7. The van der Waals surface area contributed by atoms with E-state index in [1.165, 1.54) is 96.3 Å². The molecule has 127 valence electrons. The van der Waals surface area contributed by atoms with Gasteiger partial charge in [0, 0.05) is 0 Å². The molecule has 0 aliphatic carbocycles. The summed E-state index contributed by atoms with van der Waals surface area (Å²) in [5, 5.41) is 0. The topological polar surface area (TPSA) is 0 Å². The van der Waals surface area contributed by atoms with Crippen molar-refractivity contribution < 1.29 is 0 Å². The van der Waals surface area contributed by atoms with Gasteiger partial charge in [0.2, 0.25) is 0 Å². The zero-order chi connectivity index (χ0) is 15.8. The average Bonchev–Trinajstić information content (AvgIpc) is 2.46. The van der Waals surface area contributed by atoms with Crippen LogP contribution in [0, 0.1) is 11.8 Å². The Morgan fingerprint density at radius 1 is 0.571 bits per heavy atom. The Morgan fingerprint density at radius 2 is 1.10 bits per heavy atom. The Balaban J connectivity index is 3.46. The lowest BCUT2D eigenvalue weighted by Crippen LogP contribution is -1.99. The Labute approximate surface area is 136 Å². The highest BCUT2D eigenvalue weighted by Gasteiger charge is 2.08. The highest BCUT2D eigenvalue weighted by Crippen LogP contribution is 2.25. The second-order valence-corrected chi connectivity index (χ2v) is 7.36. The van der Waals surface area contributed by atoms with Gasteiger partial charge in [-0.3, -0.25) is 0 Å². The molecule has 0 aromatic heterocycles. The third kappa shape index (κ3) is 16.2. The van der Waals surface area contributed by atoms with Crippen molar-refractivity contribution in [1.29, 1.82) is 0 Å². The summed E-state index contributed by atoms with van der Waals surface area (Å²) in [4.78, 5) is 0. The van der Waals surface area contributed by atoms with Crippen molar-refractivity contribution in [3.63, 3.8) is 0 Å². The van der Waals surface area contributed by atoms with Gasteiger partial charge in [-0.05, 0) is 31.1 Å². The molecule has 0 aromatic carbocycles. The zero-order valence-corrected chi connectivity index (χ0v) is 15.7. The molecule has 0 atom stereocenters. The van der Waals surface area contributed by atoms with Crippen LogP contribution >= 0.6 is 0 Å². The monoisotopic (exact) mass is 295 g/mol. The lowest BCUT2D eigenvalue weighted by atomic mass is 9.90. The van der Waals surface area contributed by atoms with Crippen LogP contribution in [0.1, 0.15) is 124 Å². The first-order valence-electron chi connectivity index (χ1n) is 10.0. The summed E-state index contributed by atoms with van der Waals surface area (Å²) in [7, 11) is 0. The predicted octanol–water partition coefficient (Wildman–Crippen LogP) is 8.11. The SMILES string of the molecule is CCCCCCCCCC[C](CCC)CCCCC(C)C. The van der Waals surface area contributed by atoms with Gasteiger partial charge in [0.05, 0.1) is 0 Å². The van der Waals surface area contributed by atoms with Crippen molar-refractivity contribution in [1.82, 2.24) is 0 Å². The minimum Gasteiger partial charge on any atom is -0.0654 e. The summed E-state index contributed by atoms with van der Waals surface area (Å²) in [6.45, 7) is 9.32. The second-order valence-electron chi connectivity index (χ2n) is 7.36. The molecule has 0 nitrogen and oxygen atoms in total. The van der Waals surface area contributed by atoms with Crippen LogP contribution in [0.4, 0.5) is 0 Å². The number of rotatable bonds is 16. The summed E-state index contributed by atoms with van der Waals surface area (Å²) in [6, 6.07) is 0. The molecule has 0 heterocycles. The standard InChI is InChI=1S/C21H43/c1-5-7-8-9-10-11-12-13-18-21(16-6-2)19-15-14-17-20(3)4/h20H,5-19H2,1-4H3. The molecule has 0 saturated heterocycles. The third-order valence-electron chi connectivity index (χ3n) is 4.55. The van der Waals surface area contributed by atoms with Crippen LogP contribution in [0.3, 0.4) is 0 Å². The van der Waals surface area contributed by atoms with Crippen LogP contribution in [-0.2, 0) is 0 Å². The van der Waals surface area contributed by atoms with Crippen LogP contribution in [-0.4, -0.2) is 0 Å². The van der Waals surface area contributed by atoms with Gasteiger partial charge in [-0.25, -0.2) is 0 Å². The molecule has 21 heavy (non-hydrogen) atoms. The van der Waals surface area contributed by atoms with E-state index < -0.39 is 0 Å². The molecule has 0 fully saturated rings. The quantitative estimate of drug-likeness (QED) is 0.252. The first-order chi connectivity index (χ1) is 10.2. The first kappa shape index (κ1) is 21.0. The maximum atomic E-state index is 2.34. The van der Waals surface area contributed by atoms with Crippen molar-refractivity contribution in [2.75, 3.05) is 0 Å². The molecular formula is C21H43. The van der Waals surface area contributed by atoms with E-state index in [2.05, 4.69) is 27.7 Å². The fourth-order valence-corrected chi connectivity index (χ4v) is 3.17. The van der Waals surface area contributed by atoms with Crippen molar-refractivity contribution in [2.45, 2.75) is 124 Å². The van der Waals surface area contributed by atoms with Gasteiger partial charge in [0.1, 0.15) is 0 Å². The lowest BCUT2D eigenvalue weighted by Gasteiger charge is -2.15. The van der Waals surface area contributed by atoms with Crippen molar-refractivity contribution >= 4 is 0 Å². The van der Waals surface area contributed by atoms with E-state index in [4.69, 9.17) is 0 Å². The molecule has 1 radical (unpaired) electrons. The summed E-state index contributed by atoms with van der Waals surface area (Å²) in [5.74, 6) is 2.75. The van der Waals surface area contributed by atoms with Crippen LogP contribution < -0.4 is 0 Å². The minimum atomic E-state index is 0.882. The van der Waals surface area contributed by atoms with E-state index in [9.17, 15) is 0 Å². The molecule has 0 aromatic rings. The smallest absolute Gasteiger partial charge is 0.0241 e. The summed E-state index contributed by atoms with van der Waals surface area (Å²) >= 11 is 0. The van der Waals surface area contributed by atoms with Gasteiger partial charge in [-0.2, -0.15) is 0 Å². The maximum absolute atomic E-state index is 2.34. The van der Waals surface area contributed by atoms with Crippen LogP contribution in [0.5, 0.6) is 0 Å². The largest absolute Gasteiger partial charge is 0.0654 e. The molecule has 0 aliphatic rings. The molecule has 0 rings (SSSR count). The predicted molar refractivity (Wildman–Crippen MR) is 98.7 cm³/mol. The Hall–Kier alpha value is 0. The maximum Gasteiger partial charge on any atom is -0.0241 e. The first-order valence-corrected chi connectivity index (χ1v) is 10.0. The fourth-order valence-electron chi connectivity index (χ4n) is 3.17. The molecule has 0 bridgehead atoms. The second kappa shape index (κ2) is 16.4. The van der Waals surface area contributed by atoms with Gasteiger partial charge in [-0.1, -0.05) is 105 Å². The molecule has 0 saturated carbocycles. The Bertz CT molecular complexity index is 182. The molecule has 0 spiro atoms. The Kier molecular flexibility index (Phi) is 16.4. The van der Waals surface area contributed by atoms with E-state index in [-0.39, 0.29) is 0 Å². The Morgan fingerprint density at radius 3 is 1.62 bits per heavy atom. The van der Waals surface area contributed by atoms with E-state index >= 15 is 0 Å². The van der Waals surface area contributed by atoms with E-state index in [1.807, 2.05) is 5.92 Å². The van der Waals surface area contributed by atoms with Gasteiger partial charge >= 0.3 is 0 Å². The fraction of sp³-hybridized carbons (Fsp3) is 0.952. The summed E-state index contributed by atoms with van der Waals surface area (Å²) < 4.78 is 0. The van der Waals surface area contributed by atoms with Gasteiger partial charge in [0.25, 0.3) is 0 Å². The van der Waals surface area contributed by atoms with Crippen molar-refractivity contribution in [3.8, 4) is 0 Å². The van der Waals surface area contributed by atoms with Gasteiger partial charge in [-0.15, -0.1) is 0 Å². The van der Waals surface area contributed by atoms with Crippen LogP contribution in [0.2, 0.25) is 0 Å². The van der Waals surface area contributed by atoms with E-state index in [1.54, 1.807) is 0 Å². The zero-order valence-electron chi connectivity index (χ0n) is 15.7. The molecular weight excluding hydrogens is 252 g/mol. The highest BCUT2D eigenvalue weighted by molar-refractivity contribution is 4.88. The minimum absolute atomic E-state index is 0.882. The highest BCUT2D eigenvalue weighted by atomic mass is 14.1. The molecule has 0 unspecified atom stereocenters. The van der Waals surface area contributed by atoms with Crippen LogP contribution in [0.25, 0.3) is 0 Å². The number of hydrogen-bond acceptors (Lipinski definition) is 0.